The Labute approximate surface area is 174 Å². The minimum atomic E-state index is 0.00362. The van der Waals surface area contributed by atoms with Gasteiger partial charge in [0.05, 0.1) is 22.8 Å². The lowest BCUT2D eigenvalue weighted by Crippen LogP contribution is -2.43. The molecule has 3 aromatic heterocycles. The lowest BCUT2D eigenvalue weighted by Gasteiger charge is -2.32. The fraction of sp³-hybridized carbons (Fsp3) is 0.381. The average Bonchev–Trinajstić information content (AvgIpc) is 3.27. The van der Waals surface area contributed by atoms with Crippen LogP contribution in [-0.4, -0.2) is 45.5 Å². The number of aryl methyl sites for hydroxylation is 1. The molecule has 0 bridgehead atoms. The second-order valence-corrected chi connectivity index (χ2v) is 8.05. The van der Waals surface area contributed by atoms with Crippen molar-refractivity contribution in [3.05, 3.63) is 53.5 Å². The number of rotatable bonds is 7. The van der Waals surface area contributed by atoms with Crippen LogP contribution in [0.25, 0.3) is 11.3 Å². The van der Waals surface area contributed by atoms with Crippen molar-refractivity contribution in [2.75, 3.05) is 24.5 Å². The predicted molar refractivity (Wildman–Crippen MR) is 114 cm³/mol. The van der Waals surface area contributed by atoms with Crippen molar-refractivity contribution in [2.45, 2.75) is 25.7 Å². The number of hydrogen-bond acceptors (Lipinski definition) is 7. The zero-order valence-corrected chi connectivity index (χ0v) is 17.0. The first-order valence-corrected chi connectivity index (χ1v) is 10.8. The van der Waals surface area contributed by atoms with E-state index in [1.54, 1.807) is 42.3 Å². The molecule has 1 aliphatic heterocycles. The standard InChI is InChI=1S/C21H24N6OS/c28-21(17-3-2-12-27(14-17)19-13-23-10-11-24-19)25-7-1-4-20-26-18(15-29-20)16-5-8-22-9-6-16/h5-6,8-11,13,15,17H,1-4,7,12,14H2,(H,25,28). The highest BCUT2D eigenvalue weighted by Gasteiger charge is 2.26. The van der Waals surface area contributed by atoms with Gasteiger partial charge in [-0.2, -0.15) is 0 Å². The van der Waals surface area contributed by atoms with E-state index in [1.807, 2.05) is 12.1 Å². The van der Waals surface area contributed by atoms with Gasteiger partial charge in [0, 0.05) is 61.8 Å². The van der Waals surface area contributed by atoms with Crippen molar-refractivity contribution in [1.29, 1.82) is 0 Å². The van der Waals surface area contributed by atoms with Gasteiger partial charge in [-0.25, -0.2) is 9.97 Å². The highest BCUT2D eigenvalue weighted by atomic mass is 32.1. The third kappa shape index (κ3) is 5.14. The number of anilines is 1. The zero-order chi connectivity index (χ0) is 19.9. The van der Waals surface area contributed by atoms with Crippen LogP contribution >= 0.6 is 11.3 Å². The molecule has 0 spiro atoms. The molecular formula is C21H24N6OS. The molecule has 29 heavy (non-hydrogen) atoms. The van der Waals surface area contributed by atoms with Gasteiger partial charge in [0.1, 0.15) is 5.82 Å². The van der Waals surface area contributed by atoms with Crippen molar-refractivity contribution in [3.8, 4) is 11.3 Å². The SMILES string of the molecule is O=C(NCCCc1nc(-c2ccncc2)cs1)C1CCCN(c2cnccn2)C1. The molecule has 0 aromatic carbocycles. The first-order valence-electron chi connectivity index (χ1n) is 9.93. The summed E-state index contributed by atoms with van der Waals surface area (Å²) in [5, 5.41) is 6.27. The summed E-state index contributed by atoms with van der Waals surface area (Å²) in [6.07, 6.45) is 12.3. The number of piperidine rings is 1. The fourth-order valence-corrected chi connectivity index (χ4v) is 4.38. The van der Waals surface area contributed by atoms with E-state index in [4.69, 9.17) is 0 Å². The zero-order valence-electron chi connectivity index (χ0n) is 16.2. The van der Waals surface area contributed by atoms with Gasteiger partial charge in [-0.1, -0.05) is 0 Å². The molecule has 1 aliphatic rings. The van der Waals surface area contributed by atoms with Crippen molar-refractivity contribution in [3.63, 3.8) is 0 Å². The van der Waals surface area contributed by atoms with Crippen molar-refractivity contribution in [1.82, 2.24) is 25.3 Å². The van der Waals surface area contributed by atoms with Gasteiger partial charge in [-0.15, -0.1) is 11.3 Å². The number of carbonyl (C=O) groups is 1. The number of thiazole rings is 1. The van der Waals surface area contributed by atoms with Crippen LogP contribution in [0.1, 0.15) is 24.3 Å². The quantitative estimate of drug-likeness (QED) is 0.605. The van der Waals surface area contributed by atoms with Gasteiger partial charge >= 0.3 is 0 Å². The molecule has 0 saturated carbocycles. The monoisotopic (exact) mass is 408 g/mol. The van der Waals surface area contributed by atoms with E-state index < -0.39 is 0 Å². The van der Waals surface area contributed by atoms with Crippen LogP contribution in [0.2, 0.25) is 0 Å². The van der Waals surface area contributed by atoms with Crippen molar-refractivity contribution >= 4 is 23.1 Å². The number of nitrogens with zero attached hydrogens (tertiary/aromatic N) is 5. The average molecular weight is 409 g/mol. The Morgan fingerprint density at radius 1 is 1.21 bits per heavy atom. The number of aromatic nitrogens is 4. The molecule has 4 heterocycles. The first-order chi connectivity index (χ1) is 14.3. The second kappa shape index (κ2) is 9.56. The van der Waals surface area contributed by atoms with Gasteiger partial charge in [0.15, 0.2) is 0 Å². The number of amides is 1. The molecule has 1 fully saturated rings. The van der Waals surface area contributed by atoms with Crippen LogP contribution in [0.15, 0.2) is 48.5 Å². The minimum absolute atomic E-state index is 0.00362. The highest BCUT2D eigenvalue weighted by Crippen LogP contribution is 2.22. The molecule has 1 N–H and O–H groups in total. The molecular weight excluding hydrogens is 384 g/mol. The summed E-state index contributed by atoms with van der Waals surface area (Å²) < 4.78 is 0. The lowest BCUT2D eigenvalue weighted by molar-refractivity contribution is -0.125. The second-order valence-electron chi connectivity index (χ2n) is 7.11. The van der Waals surface area contributed by atoms with Gasteiger partial charge in [0.25, 0.3) is 0 Å². The Kier molecular flexibility index (Phi) is 6.41. The normalized spacial score (nSPS) is 16.6. The first kappa shape index (κ1) is 19.4. The number of hydrogen-bond donors (Lipinski definition) is 1. The van der Waals surface area contributed by atoms with E-state index >= 15 is 0 Å². The smallest absolute Gasteiger partial charge is 0.224 e. The van der Waals surface area contributed by atoms with Crippen LogP contribution in [0.3, 0.4) is 0 Å². The summed E-state index contributed by atoms with van der Waals surface area (Å²) in [5.74, 6) is 0.984. The van der Waals surface area contributed by atoms with Crippen LogP contribution in [0.4, 0.5) is 5.82 Å². The maximum Gasteiger partial charge on any atom is 0.224 e. The molecule has 1 amide bonds. The van der Waals surface area contributed by atoms with Gasteiger partial charge < -0.3 is 10.2 Å². The van der Waals surface area contributed by atoms with Gasteiger partial charge in [-0.3, -0.25) is 14.8 Å². The topological polar surface area (TPSA) is 83.9 Å². The van der Waals surface area contributed by atoms with Crippen LogP contribution in [-0.2, 0) is 11.2 Å². The summed E-state index contributed by atoms with van der Waals surface area (Å²) >= 11 is 1.67. The molecule has 0 aliphatic carbocycles. The molecule has 150 valence electrons. The molecule has 0 radical (unpaired) electrons. The molecule has 4 rings (SSSR count). The molecule has 1 saturated heterocycles. The lowest BCUT2D eigenvalue weighted by atomic mass is 9.97. The van der Waals surface area contributed by atoms with Gasteiger partial charge in [0.2, 0.25) is 5.91 Å². The van der Waals surface area contributed by atoms with E-state index in [1.165, 1.54) is 0 Å². The molecule has 1 unspecified atom stereocenters. The minimum Gasteiger partial charge on any atom is -0.356 e. The third-order valence-electron chi connectivity index (χ3n) is 5.06. The Bertz CT molecular complexity index is 917. The molecule has 8 heteroatoms. The Hall–Kier alpha value is -2.87. The maximum absolute atomic E-state index is 12.6. The summed E-state index contributed by atoms with van der Waals surface area (Å²) in [5.41, 5.74) is 2.07. The maximum atomic E-state index is 12.6. The summed E-state index contributed by atoms with van der Waals surface area (Å²) in [6.45, 7) is 2.29. The van der Waals surface area contributed by atoms with Gasteiger partial charge in [-0.05, 0) is 31.4 Å². The van der Waals surface area contributed by atoms with Crippen LogP contribution in [0, 0.1) is 5.92 Å². The van der Waals surface area contributed by atoms with E-state index in [0.717, 1.165) is 54.3 Å². The molecule has 3 aromatic rings. The summed E-state index contributed by atoms with van der Waals surface area (Å²) in [7, 11) is 0. The third-order valence-corrected chi connectivity index (χ3v) is 5.97. The number of carbonyl (C=O) groups excluding carboxylic acids is 1. The predicted octanol–water partition coefficient (Wildman–Crippen LogP) is 2.96. The fourth-order valence-electron chi connectivity index (χ4n) is 3.53. The number of pyridine rings is 1. The highest BCUT2D eigenvalue weighted by molar-refractivity contribution is 7.09. The van der Waals surface area contributed by atoms with E-state index in [-0.39, 0.29) is 11.8 Å². The van der Waals surface area contributed by atoms with E-state index in [9.17, 15) is 4.79 Å². The summed E-state index contributed by atoms with van der Waals surface area (Å²) in [4.78, 5) is 31.9. The molecule has 1 atom stereocenters. The van der Waals surface area contributed by atoms with Crippen LogP contribution < -0.4 is 10.2 Å². The van der Waals surface area contributed by atoms with E-state index in [2.05, 4.69) is 35.5 Å². The van der Waals surface area contributed by atoms with Crippen molar-refractivity contribution in [2.24, 2.45) is 5.92 Å². The van der Waals surface area contributed by atoms with Crippen LogP contribution in [0.5, 0.6) is 0 Å². The Balaban J connectivity index is 1.22. The van der Waals surface area contributed by atoms with Crippen molar-refractivity contribution < 1.29 is 4.79 Å². The largest absolute Gasteiger partial charge is 0.356 e. The molecule has 7 nitrogen and oxygen atoms in total. The number of nitrogens with one attached hydrogen (secondary N) is 1. The Morgan fingerprint density at radius 3 is 2.93 bits per heavy atom. The van der Waals surface area contributed by atoms with E-state index in [0.29, 0.717) is 13.1 Å². The summed E-state index contributed by atoms with van der Waals surface area (Å²) in [6, 6.07) is 3.93. The Morgan fingerprint density at radius 2 is 2.10 bits per heavy atom.